The highest BCUT2D eigenvalue weighted by molar-refractivity contribution is 6.62. The smallest absolute Gasteiger partial charge is 0.399 e. The van der Waals surface area contributed by atoms with E-state index in [9.17, 15) is 5.11 Å². The van der Waals surface area contributed by atoms with Crippen molar-refractivity contribution >= 4 is 18.3 Å². The maximum atomic E-state index is 9.62. The van der Waals surface area contributed by atoms with Crippen molar-refractivity contribution in [3.63, 3.8) is 0 Å². The van der Waals surface area contributed by atoms with Crippen LogP contribution < -0.4 is 10.4 Å². The lowest BCUT2D eigenvalue weighted by molar-refractivity contribution is 0.00578. The largest absolute Gasteiger partial charge is 0.494 e. The lowest BCUT2D eigenvalue weighted by atomic mass is 9.79. The first-order valence-electron chi connectivity index (χ1n) is 7.67. The molecule has 2 aliphatic heterocycles. The molecule has 0 aliphatic carbocycles. The van der Waals surface area contributed by atoms with Gasteiger partial charge in [-0.15, -0.1) is 0 Å². The summed E-state index contributed by atoms with van der Waals surface area (Å²) in [5, 5.41) is 9.62. The van der Waals surface area contributed by atoms with Gasteiger partial charge in [-0.1, -0.05) is 12.1 Å². The highest BCUT2D eigenvalue weighted by Crippen LogP contribution is 2.36. The van der Waals surface area contributed by atoms with Gasteiger partial charge in [0.1, 0.15) is 0 Å². The maximum Gasteiger partial charge on any atom is 0.494 e. The second kappa shape index (κ2) is 5.01. The van der Waals surface area contributed by atoms with E-state index in [1.54, 1.807) is 0 Å². The normalized spacial score (nSPS) is 27.4. The number of benzene rings is 1. The number of hydrogen-bond acceptors (Lipinski definition) is 4. The third kappa shape index (κ3) is 2.70. The van der Waals surface area contributed by atoms with Gasteiger partial charge in [0.2, 0.25) is 0 Å². The van der Waals surface area contributed by atoms with Crippen LogP contribution in [0.4, 0.5) is 5.69 Å². The molecule has 0 amide bonds. The minimum Gasteiger partial charge on any atom is -0.399 e. The highest BCUT2D eigenvalue weighted by Gasteiger charge is 2.51. The molecule has 21 heavy (non-hydrogen) atoms. The Morgan fingerprint density at radius 2 is 1.67 bits per heavy atom. The predicted molar refractivity (Wildman–Crippen MR) is 85.0 cm³/mol. The second-order valence-electron chi connectivity index (χ2n) is 7.07. The summed E-state index contributed by atoms with van der Waals surface area (Å²) in [5.74, 6) is 0. The zero-order valence-corrected chi connectivity index (χ0v) is 13.3. The van der Waals surface area contributed by atoms with Gasteiger partial charge >= 0.3 is 7.12 Å². The average molecular weight is 289 g/mol. The van der Waals surface area contributed by atoms with Crippen LogP contribution in [0.2, 0.25) is 0 Å². The van der Waals surface area contributed by atoms with Crippen LogP contribution >= 0.6 is 0 Å². The van der Waals surface area contributed by atoms with Crippen molar-refractivity contribution in [1.29, 1.82) is 0 Å². The Hall–Kier alpha value is -1.04. The quantitative estimate of drug-likeness (QED) is 0.839. The first-order valence-corrected chi connectivity index (χ1v) is 7.67. The molecule has 0 bridgehead atoms. The summed E-state index contributed by atoms with van der Waals surface area (Å²) in [5.41, 5.74) is 1.56. The second-order valence-corrected chi connectivity index (χ2v) is 7.07. The molecule has 1 atom stereocenters. The van der Waals surface area contributed by atoms with Gasteiger partial charge in [-0.3, -0.25) is 0 Å². The molecule has 0 spiro atoms. The van der Waals surface area contributed by atoms with Gasteiger partial charge in [-0.2, -0.15) is 0 Å². The van der Waals surface area contributed by atoms with Gasteiger partial charge in [0, 0.05) is 18.8 Å². The van der Waals surface area contributed by atoms with Crippen LogP contribution in [-0.2, 0) is 9.31 Å². The fourth-order valence-corrected chi connectivity index (χ4v) is 2.80. The Morgan fingerprint density at radius 3 is 2.14 bits per heavy atom. The molecular formula is C16H24BNO3. The van der Waals surface area contributed by atoms with Crippen LogP contribution in [0.1, 0.15) is 34.1 Å². The van der Waals surface area contributed by atoms with Crippen molar-refractivity contribution in [3.8, 4) is 0 Å². The highest BCUT2D eigenvalue weighted by atomic mass is 16.7. The van der Waals surface area contributed by atoms with Crippen LogP contribution in [-0.4, -0.2) is 42.6 Å². The third-order valence-corrected chi connectivity index (χ3v) is 4.95. The molecule has 0 unspecified atom stereocenters. The number of β-amino-alcohol motifs (C(OH)–C–C–N with tert-alkyl or cyclic N) is 1. The zero-order valence-electron chi connectivity index (χ0n) is 13.3. The molecule has 114 valence electrons. The fourth-order valence-electron chi connectivity index (χ4n) is 2.80. The predicted octanol–water partition coefficient (Wildman–Crippen LogP) is 1.56. The topological polar surface area (TPSA) is 41.9 Å². The lowest BCUT2D eigenvalue weighted by Gasteiger charge is -2.32. The Bertz CT molecular complexity index is 499. The molecule has 2 aliphatic rings. The van der Waals surface area contributed by atoms with Gasteiger partial charge in [0.25, 0.3) is 0 Å². The molecule has 5 heteroatoms. The fraction of sp³-hybridized carbons (Fsp3) is 0.625. The van der Waals surface area contributed by atoms with E-state index in [0.29, 0.717) is 0 Å². The molecule has 1 N–H and O–H groups in total. The van der Waals surface area contributed by atoms with Crippen molar-refractivity contribution < 1.29 is 14.4 Å². The van der Waals surface area contributed by atoms with Gasteiger partial charge in [-0.25, -0.2) is 0 Å². The third-order valence-electron chi connectivity index (χ3n) is 4.95. The molecular weight excluding hydrogens is 265 g/mol. The standard InChI is InChI=1S/C16H24BNO3/c1-15(2)16(3,4)21-17(20-15)12-5-7-13(8-6-12)18-10-9-14(19)11-18/h5-8,14,19H,9-11H2,1-4H3/t14-/m1/s1. The first kappa shape index (κ1) is 14.9. The van der Waals surface area contributed by atoms with E-state index in [4.69, 9.17) is 9.31 Å². The van der Waals surface area contributed by atoms with Crippen molar-refractivity contribution in [3.05, 3.63) is 24.3 Å². The van der Waals surface area contributed by atoms with E-state index in [1.807, 2.05) is 0 Å². The molecule has 3 rings (SSSR count). The van der Waals surface area contributed by atoms with Crippen LogP contribution in [0.5, 0.6) is 0 Å². The molecule has 2 saturated heterocycles. The number of hydrogen-bond donors (Lipinski definition) is 1. The number of aliphatic hydroxyl groups is 1. The SMILES string of the molecule is CC1(C)OB(c2ccc(N3CC[C@@H](O)C3)cc2)OC1(C)C. The van der Waals surface area contributed by atoms with Crippen LogP contribution in [0, 0.1) is 0 Å². The Labute approximate surface area is 127 Å². The number of nitrogens with zero attached hydrogens (tertiary/aromatic N) is 1. The van der Waals surface area contributed by atoms with E-state index in [2.05, 4.69) is 56.9 Å². The van der Waals surface area contributed by atoms with E-state index in [-0.39, 0.29) is 24.4 Å². The van der Waals surface area contributed by atoms with Crippen molar-refractivity contribution in [2.75, 3.05) is 18.0 Å². The van der Waals surface area contributed by atoms with E-state index in [1.165, 1.54) is 0 Å². The van der Waals surface area contributed by atoms with Crippen molar-refractivity contribution in [2.45, 2.75) is 51.4 Å². The maximum absolute atomic E-state index is 9.62. The molecule has 2 fully saturated rings. The summed E-state index contributed by atoms with van der Waals surface area (Å²) in [6, 6.07) is 8.28. The van der Waals surface area contributed by atoms with Gasteiger partial charge in [-0.05, 0) is 51.7 Å². The molecule has 1 aromatic rings. The molecule has 0 aromatic heterocycles. The van der Waals surface area contributed by atoms with Gasteiger partial charge < -0.3 is 19.3 Å². The molecule has 0 saturated carbocycles. The van der Waals surface area contributed by atoms with E-state index in [0.717, 1.165) is 30.7 Å². The molecule has 0 radical (unpaired) electrons. The minimum atomic E-state index is -0.312. The van der Waals surface area contributed by atoms with Crippen molar-refractivity contribution in [2.24, 2.45) is 0 Å². The Balaban J connectivity index is 1.74. The molecule has 1 aromatic carbocycles. The molecule has 2 heterocycles. The zero-order chi connectivity index (χ0) is 15.3. The van der Waals surface area contributed by atoms with Gasteiger partial charge in [0.05, 0.1) is 17.3 Å². The van der Waals surface area contributed by atoms with E-state index >= 15 is 0 Å². The summed E-state index contributed by atoms with van der Waals surface area (Å²) < 4.78 is 12.1. The Kier molecular flexibility index (Phi) is 3.55. The van der Waals surface area contributed by atoms with Crippen LogP contribution in [0.25, 0.3) is 0 Å². The van der Waals surface area contributed by atoms with Gasteiger partial charge in [0.15, 0.2) is 0 Å². The molecule has 4 nitrogen and oxygen atoms in total. The first-order chi connectivity index (χ1) is 9.78. The number of aliphatic hydroxyl groups excluding tert-OH is 1. The summed E-state index contributed by atoms with van der Waals surface area (Å²) in [7, 11) is -0.312. The summed E-state index contributed by atoms with van der Waals surface area (Å²) >= 11 is 0. The summed E-state index contributed by atoms with van der Waals surface area (Å²) in [6.45, 7) is 9.88. The Morgan fingerprint density at radius 1 is 1.10 bits per heavy atom. The monoisotopic (exact) mass is 289 g/mol. The average Bonchev–Trinajstić information content (AvgIpc) is 2.92. The lowest BCUT2D eigenvalue weighted by Crippen LogP contribution is -2.41. The summed E-state index contributed by atoms with van der Waals surface area (Å²) in [4.78, 5) is 2.21. The van der Waals surface area contributed by atoms with Crippen LogP contribution in [0.15, 0.2) is 24.3 Å². The van der Waals surface area contributed by atoms with Crippen LogP contribution in [0.3, 0.4) is 0 Å². The number of anilines is 1. The number of rotatable bonds is 2. The summed E-state index contributed by atoms with van der Waals surface area (Å²) in [6.07, 6.45) is 0.645. The minimum absolute atomic E-state index is 0.201. The van der Waals surface area contributed by atoms with E-state index < -0.39 is 0 Å². The van der Waals surface area contributed by atoms with Crippen molar-refractivity contribution in [1.82, 2.24) is 0 Å².